The highest BCUT2D eigenvalue weighted by molar-refractivity contribution is 5.88. The van der Waals surface area contributed by atoms with Crippen LogP contribution in [0.1, 0.15) is 115 Å². The maximum atomic E-state index is 9.02. The average molecular weight is 1860 g/mol. The molecule has 710 valence electrons. The molecule has 8 fully saturated rings. The number of nitriles is 1. The van der Waals surface area contributed by atoms with E-state index in [0.717, 1.165) is 321 Å². The summed E-state index contributed by atoms with van der Waals surface area (Å²) < 4.78 is 55.2. The number of hydrogen-bond acceptors (Lipinski definition) is 38. The molecule has 0 atom stereocenters. The van der Waals surface area contributed by atoms with E-state index in [2.05, 4.69) is 190 Å². The minimum absolute atomic E-state index is 0.123. The SMILES string of the molecule is CCOc1cnc(NC2CCC(Oc3cc(N4CCOCC4)cc4nccnc34)CC2)nc1.Cn1nnc(-c2ccc(NC3CCC(Oc4cc(N5CCOCC5)cc5nccnc45)CC3)nc2)n1.Cn1nnnc1-c1ccc(NC2CCC(Oc3cc(N4CCOCC4)cc4nccnc34)CC2)nc1.N#Cc1cc(NC2CCC(Oc3cc(N4CCOCC4)cc4nccnc34)CC2)ncn1. The number of nitrogens with one attached hydrogen (secondary N) is 4. The molecule has 0 unspecified atom stereocenters. The van der Waals surface area contributed by atoms with Gasteiger partial charge in [0.1, 0.15) is 80.6 Å². The van der Waals surface area contributed by atoms with Crippen molar-refractivity contribution < 1.29 is 42.6 Å². The molecule has 4 aliphatic heterocycles. The van der Waals surface area contributed by atoms with Crippen LogP contribution in [0.5, 0.6) is 28.7 Å². The van der Waals surface area contributed by atoms with E-state index < -0.39 is 0 Å². The van der Waals surface area contributed by atoms with E-state index in [1.165, 1.54) is 11.1 Å². The Balaban J connectivity index is 0.000000117. The maximum Gasteiger partial charge on any atom is 0.223 e. The number of fused-ring (bicyclic) bond motifs is 4. The molecule has 22 rings (SSSR count). The Kier molecular flexibility index (Phi) is 30.0. The van der Waals surface area contributed by atoms with Gasteiger partial charge in [-0.05, 0) is 174 Å². The van der Waals surface area contributed by atoms with E-state index in [-0.39, 0.29) is 24.4 Å². The number of hydrogen-bond donors (Lipinski definition) is 4. The van der Waals surface area contributed by atoms with Crippen LogP contribution >= 0.6 is 0 Å². The quantitative estimate of drug-likeness (QED) is 0.0436. The van der Waals surface area contributed by atoms with Crippen LogP contribution in [-0.4, -0.2) is 271 Å². The molecule has 10 aromatic heterocycles. The lowest BCUT2D eigenvalue weighted by atomic mass is 9.93. The van der Waals surface area contributed by atoms with Crippen molar-refractivity contribution in [1.29, 1.82) is 5.26 Å². The van der Waals surface area contributed by atoms with Crippen LogP contribution in [0.25, 0.3) is 66.9 Å². The van der Waals surface area contributed by atoms with Gasteiger partial charge < -0.3 is 83.5 Å². The van der Waals surface area contributed by atoms with E-state index in [9.17, 15) is 0 Å². The largest absolute Gasteiger partial charge is 0.491 e. The van der Waals surface area contributed by atoms with Gasteiger partial charge >= 0.3 is 0 Å². The Hall–Kier alpha value is -14.4. The number of ether oxygens (including phenoxy) is 9. The van der Waals surface area contributed by atoms with Crippen molar-refractivity contribution in [2.24, 2.45) is 14.1 Å². The fourth-order valence-electron chi connectivity index (χ4n) is 18.5. The zero-order chi connectivity index (χ0) is 92.9. The van der Waals surface area contributed by atoms with Crippen molar-refractivity contribution in [1.82, 2.24) is 110 Å². The lowest BCUT2D eigenvalue weighted by Gasteiger charge is -2.31. The van der Waals surface area contributed by atoms with Crippen LogP contribution in [-0.2, 0) is 33.0 Å². The molecular formula is C97H113N31O9. The molecule has 4 saturated carbocycles. The zero-order valence-corrected chi connectivity index (χ0v) is 77.2. The predicted octanol–water partition coefficient (Wildman–Crippen LogP) is 12.1. The highest BCUT2D eigenvalue weighted by atomic mass is 16.5. The number of aryl methyl sites for hydroxylation is 2. The Morgan fingerprint density at radius 2 is 0.737 bits per heavy atom. The number of tetrazole rings is 2. The van der Waals surface area contributed by atoms with E-state index in [0.29, 0.717) is 65.6 Å². The number of morpholine rings is 4. The summed E-state index contributed by atoms with van der Waals surface area (Å²) >= 11 is 0. The second-order valence-corrected chi connectivity index (χ2v) is 35.0. The minimum atomic E-state index is 0.123. The Morgan fingerprint density at radius 1 is 0.372 bits per heavy atom. The molecule has 4 aromatic carbocycles. The number of nitrogens with zero attached hydrogens (tertiary/aromatic N) is 27. The molecule has 0 bridgehead atoms. The molecule has 14 aromatic rings. The normalized spacial score (nSPS) is 20.7. The van der Waals surface area contributed by atoms with Gasteiger partial charge in [0.05, 0.1) is 125 Å². The van der Waals surface area contributed by atoms with E-state index in [1.807, 2.05) is 44.3 Å². The third-order valence-electron chi connectivity index (χ3n) is 25.8. The summed E-state index contributed by atoms with van der Waals surface area (Å²) in [5, 5.41) is 46.8. The number of pyridine rings is 2. The Morgan fingerprint density at radius 3 is 1.07 bits per heavy atom. The van der Waals surface area contributed by atoms with Gasteiger partial charge in [0.25, 0.3) is 0 Å². The van der Waals surface area contributed by atoms with Crippen molar-refractivity contribution in [3.63, 3.8) is 0 Å². The van der Waals surface area contributed by atoms with Crippen molar-refractivity contribution in [2.75, 3.05) is 153 Å². The molecule has 4 saturated heterocycles. The highest BCUT2D eigenvalue weighted by Crippen LogP contribution is 2.40. The molecular weight excluding hydrogens is 1740 g/mol. The Labute approximate surface area is 792 Å². The first kappa shape index (κ1) is 91.7. The van der Waals surface area contributed by atoms with Crippen LogP contribution in [0.15, 0.2) is 160 Å². The van der Waals surface area contributed by atoms with E-state index in [4.69, 9.17) is 47.9 Å². The molecule has 8 aliphatic rings. The molecule has 14 heterocycles. The summed E-state index contributed by atoms with van der Waals surface area (Å²) in [6, 6.07) is 29.8. The summed E-state index contributed by atoms with van der Waals surface area (Å²) in [6.07, 6.45) is 38.3. The van der Waals surface area contributed by atoms with Crippen molar-refractivity contribution >= 4 is 90.3 Å². The van der Waals surface area contributed by atoms with Crippen LogP contribution in [0, 0.1) is 11.3 Å². The summed E-state index contributed by atoms with van der Waals surface area (Å²) in [5.74, 6) is 8.24. The Bertz CT molecular complexity index is 6310. The molecule has 40 heteroatoms. The summed E-state index contributed by atoms with van der Waals surface area (Å²) in [4.78, 5) is 73.1. The number of aromatic nitrogens is 22. The van der Waals surface area contributed by atoms with Gasteiger partial charge in [-0.2, -0.15) is 10.1 Å². The first-order valence-corrected chi connectivity index (χ1v) is 47.6. The number of anilines is 8. The van der Waals surface area contributed by atoms with Crippen LogP contribution in [0.4, 0.5) is 46.2 Å². The zero-order valence-electron chi connectivity index (χ0n) is 77.2. The van der Waals surface area contributed by atoms with Crippen LogP contribution in [0.2, 0.25) is 0 Å². The van der Waals surface area contributed by atoms with E-state index in [1.54, 1.807) is 92.2 Å². The maximum absolute atomic E-state index is 9.02. The van der Waals surface area contributed by atoms with Crippen molar-refractivity contribution in [2.45, 2.75) is 158 Å². The molecule has 4 N–H and O–H groups in total. The molecule has 0 spiro atoms. The van der Waals surface area contributed by atoms with Gasteiger partial charge in [0, 0.05) is 210 Å². The first-order valence-electron chi connectivity index (χ1n) is 47.6. The molecule has 137 heavy (non-hydrogen) atoms. The minimum Gasteiger partial charge on any atom is -0.491 e. The van der Waals surface area contributed by atoms with Crippen molar-refractivity contribution in [3.05, 3.63) is 165 Å². The fourth-order valence-corrected chi connectivity index (χ4v) is 18.5. The number of benzene rings is 4. The number of rotatable bonds is 24. The summed E-state index contributed by atoms with van der Waals surface area (Å²) in [5.41, 5.74) is 13.2. The summed E-state index contributed by atoms with van der Waals surface area (Å²) in [7, 11) is 3.56. The van der Waals surface area contributed by atoms with Gasteiger partial charge in [0.2, 0.25) is 11.8 Å². The monoisotopic (exact) mass is 1860 g/mol. The molecule has 0 amide bonds. The second kappa shape index (κ2) is 44.8. The van der Waals surface area contributed by atoms with Gasteiger partial charge in [-0.3, -0.25) is 19.9 Å². The van der Waals surface area contributed by atoms with Gasteiger partial charge in [0.15, 0.2) is 11.6 Å². The van der Waals surface area contributed by atoms with Gasteiger partial charge in [-0.25, -0.2) is 54.5 Å². The smallest absolute Gasteiger partial charge is 0.223 e. The predicted molar refractivity (Wildman–Crippen MR) is 515 cm³/mol. The average Bonchev–Trinajstić information content (AvgIpc) is 1.12. The topological polar surface area (TPSA) is 436 Å². The third kappa shape index (κ3) is 23.9. The summed E-state index contributed by atoms with van der Waals surface area (Å²) in [6.45, 7) is 15.4. The van der Waals surface area contributed by atoms with Gasteiger partial charge in [-0.1, -0.05) is 0 Å². The van der Waals surface area contributed by atoms with Crippen LogP contribution < -0.4 is 64.6 Å². The first-order chi connectivity index (χ1) is 67.5. The molecule has 4 aliphatic carbocycles. The molecule has 40 nitrogen and oxygen atoms in total. The second-order valence-electron chi connectivity index (χ2n) is 35.0. The van der Waals surface area contributed by atoms with Gasteiger partial charge in [-0.15, -0.1) is 15.3 Å². The third-order valence-corrected chi connectivity index (χ3v) is 25.8. The lowest BCUT2D eigenvalue weighted by molar-refractivity contribution is 0.122. The molecule has 0 radical (unpaired) electrons. The van der Waals surface area contributed by atoms with Crippen LogP contribution in [0.3, 0.4) is 0 Å². The lowest BCUT2D eigenvalue weighted by Crippen LogP contribution is -2.36. The van der Waals surface area contributed by atoms with E-state index >= 15 is 0 Å². The van der Waals surface area contributed by atoms with Crippen molar-refractivity contribution in [3.8, 4) is 57.6 Å². The fraction of sp³-hybridized carbons (Fsp3) is 0.454. The highest BCUT2D eigenvalue weighted by Gasteiger charge is 2.32. The standard InChI is InChI=1S/2C25H29N9O2.C24H30N6O3.C23H25N7O2/c1-33-25(30-31-32-33)17-2-7-23(28-16-17)29-18-3-5-20(6-4-18)36-22-15-19(34-10-12-35-13-11-34)14-21-24(22)27-9-8-26-21;1-33-31-25(30-32-33)17-2-7-23(28-16-17)29-18-3-5-20(6-4-18)36-22-15-19(34-10-12-35-13-11-34)14-21-24(22)27-9-8-26-21;1-2-32-20-15-27-24(28-16-20)29-17-3-5-19(6-4-17)33-22-14-18(30-9-11-31-12-10-30)13-21-23(22)26-8-7-25-21;24-14-17-11-22(28-15-27-17)29-16-1-3-19(4-2-16)32-21-13-18(30-7-9-31-10-8-30)12-20-23(21)26-6-5-25-20/h2*2,7-9,14-16,18,20H,3-6,10-13H2,1H3,(H,28,29);7-8,13-17,19H,2-6,9-12H2,1H3,(H,27,28,29);5-6,11-13,15-16,19H,1-4,7-10H2,(H,27,28,29).